The van der Waals surface area contributed by atoms with E-state index < -0.39 is 73.0 Å². The number of nitrogens with two attached hydrogens (primary N) is 1. The summed E-state index contributed by atoms with van der Waals surface area (Å²) in [5.41, 5.74) is 1.47. The van der Waals surface area contributed by atoms with E-state index in [-0.39, 0.29) is 5.82 Å². The van der Waals surface area contributed by atoms with Gasteiger partial charge in [-0.25, -0.2) is 9.59 Å². The molecule has 0 unspecified atom stereocenters. The first-order valence-corrected chi connectivity index (χ1v) is 8.22. The molecule has 1 aliphatic heterocycles. The van der Waals surface area contributed by atoms with Gasteiger partial charge in [-0.05, 0) is 6.07 Å². The lowest BCUT2D eigenvalue weighted by molar-refractivity contribution is -0.170. The predicted molar refractivity (Wildman–Crippen MR) is 92.0 cm³/mol. The molecule has 2 rings (SSSR count). The fourth-order valence-electron chi connectivity index (χ4n) is 2.44. The summed E-state index contributed by atoms with van der Waals surface area (Å²) in [5.74, 6) is -8.85. The number of rotatable bonds is 7. The Morgan fingerprint density at radius 3 is 2.10 bits per heavy atom. The maximum absolute atomic E-state index is 13.7. The van der Waals surface area contributed by atoms with Crippen molar-refractivity contribution in [1.29, 1.82) is 0 Å². The summed E-state index contributed by atoms with van der Waals surface area (Å²) in [5, 5.41) is 51.9. The average Bonchev–Trinajstić information content (AvgIpc) is 2.84. The van der Waals surface area contributed by atoms with Crippen LogP contribution in [0.1, 0.15) is 19.1 Å². The number of carboxylic acid groups (broad SMARTS) is 3. The number of aromatic nitrogens is 2. The molecule has 0 amide bonds. The number of hydrogen-bond acceptors (Lipinski definition) is 10. The minimum atomic E-state index is -3.71. The van der Waals surface area contributed by atoms with Crippen molar-refractivity contribution >= 4 is 23.7 Å². The number of carbonyl (C=O) groups is 3. The van der Waals surface area contributed by atoms with E-state index in [2.05, 4.69) is 4.98 Å². The van der Waals surface area contributed by atoms with E-state index in [1.807, 2.05) is 0 Å². The zero-order chi connectivity index (χ0) is 24.1. The van der Waals surface area contributed by atoms with Crippen molar-refractivity contribution in [2.45, 2.75) is 42.8 Å². The highest BCUT2D eigenvalue weighted by Gasteiger charge is 2.59. The Morgan fingerprint density at radius 2 is 1.74 bits per heavy atom. The van der Waals surface area contributed by atoms with Gasteiger partial charge in [0.1, 0.15) is 11.9 Å². The molecule has 0 aromatic carbocycles. The zero-order valence-corrected chi connectivity index (χ0v) is 15.5. The Bertz CT molecular complexity index is 875. The Labute approximate surface area is 170 Å². The van der Waals surface area contributed by atoms with Gasteiger partial charge in [0.05, 0.1) is 19.4 Å². The van der Waals surface area contributed by atoms with Crippen LogP contribution >= 0.6 is 0 Å². The second-order valence-electron chi connectivity index (χ2n) is 6.35. The molecular formula is C15H19F2N3O11. The van der Waals surface area contributed by atoms with Crippen LogP contribution in [0.5, 0.6) is 0 Å². The summed E-state index contributed by atoms with van der Waals surface area (Å²) in [6.07, 6.45) is -6.98. The lowest BCUT2D eigenvalue weighted by atomic mass is 9.96. The van der Waals surface area contributed by atoms with E-state index in [0.29, 0.717) is 4.57 Å². The number of nitrogens with zero attached hydrogens (tertiary/aromatic N) is 2. The van der Waals surface area contributed by atoms with Crippen molar-refractivity contribution in [1.82, 2.24) is 9.55 Å². The van der Waals surface area contributed by atoms with E-state index in [1.165, 1.54) is 0 Å². The van der Waals surface area contributed by atoms with Crippen LogP contribution in [-0.2, 0) is 19.1 Å². The van der Waals surface area contributed by atoms with Crippen molar-refractivity contribution in [2.24, 2.45) is 0 Å². The average molecular weight is 455 g/mol. The lowest BCUT2D eigenvalue weighted by Crippen LogP contribution is -2.42. The maximum Gasteiger partial charge on any atom is 0.351 e. The smallest absolute Gasteiger partial charge is 0.351 e. The van der Waals surface area contributed by atoms with Crippen LogP contribution in [0.15, 0.2) is 17.1 Å². The Balaban J connectivity index is 0.000000330. The Hall–Kier alpha value is -3.21. The molecule has 0 spiro atoms. The molecule has 0 saturated carbocycles. The number of aliphatic carboxylic acids is 3. The first-order chi connectivity index (χ1) is 14.2. The van der Waals surface area contributed by atoms with Gasteiger partial charge in [-0.15, -0.1) is 0 Å². The Kier molecular flexibility index (Phi) is 8.11. The zero-order valence-electron chi connectivity index (χ0n) is 15.5. The monoisotopic (exact) mass is 455 g/mol. The highest BCUT2D eigenvalue weighted by atomic mass is 19.3. The van der Waals surface area contributed by atoms with Crippen molar-refractivity contribution < 1.29 is 58.5 Å². The number of ether oxygens (including phenoxy) is 1. The molecule has 0 radical (unpaired) electrons. The van der Waals surface area contributed by atoms with Crippen LogP contribution in [0.2, 0.25) is 0 Å². The molecule has 174 valence electrons. The van der Waals surface area contributed by atoms with E-state index in [0.717, 1.165) is 12.3 Å². The van der Waals surface area contributed by atoms with Crippen LogP contribution in [0.3, 0.4) is 0 Å². The van der Waals surface area contributed by atoms with Gasteiger partial charge in [-0.2, -0.15) is 13.8 Å². The quantitative estimate of drug-likeness (QED) is 0.224. The number of alkyl halides is 2. The van der Waals surface area contributed by atoms with Gasteiger partial charge in [0.25, 0.3) is 0 Å². The van der Waals surface area contributed by atoms with E-state index in [1.54, 1.807) is 0 Å². The first kappa shape index (κ1) is 25.8. The summed E-state index contributed by atoms with van der Waals surface area (Å²) in [4.78, 5) is 45.2. The summed E-state index contributed by atoms with van der Waals surface area (Å²) < 4.78 is 32.7. The largest absolute Gasteiger partial charge is 0.481 e. The fraction of sp³-hybridized carbons (Fsp3) is 0.533. The standard InChI is InChI=1S/C9H11F2N3O4.C6H8O7/c10-9(11)6(16)4(3-15)18-7(9)14-2-1-5(12)13-8(14)17;7-3(8)1-6(13,5(11)12)2-4(9)10/h1-2,4,6-7,15-16H,3H2,(H2,12,13,17);13H,1-2H2,(H,7,8)(H,9,10)(H,11,12)/t4-,6-,7-;/m1./s1. The molecule has 31 heavy (non-hydrogen) atoms. The Morgan fingerprint density at radius 1 is 1.23 bits per heavy atom. The number of aliphatic hydroxyl groups excluding tert-OH is 2. The normalized spacial score (nSPS) is 22.3. The van der Waals surface area contributed by atoms with Crippen LogP contribution < -0.4 is 11.4 Å². The van der Waals surface area contributed by atoms with Crippen molar-refractivity contribution in [3.63, 3.8) is 0 Å². The van der Waals surface area contributed by atoms with Gasteiger partial charge in [-0.3, -0.25) is 14.2 Å². The molecule has 1 saturated heterocycles. The molecule has 1 aromatic rings. The molecule has 8 N–H and O–H groups in total. The summed E-state index contributed by atoms with van der Waals surface area (Å²) in [6, 6.07) is 1.15. The summed E-state index contributed by atoms with van der Waals surface area (Å²) in [7, 11) is 0. The number of aliphatic hydroxyl groups is 3. The molecule has 16 heteroatoms. The molecule has 0 bridgehead atoms. The SMILES string of the molecule is Nc1ccn([C@@H]2O[C@H](CO)[C@@H](O)C2(F)F)c(=O)n1.O=C(O)CC(O)(CC(=O)O)C(=O)O. The molecule has 1 aliphatic rings. The molecule has 2 heterocycles. The predicted octanol–water partition coefficient (Wildman–Crippen LogP) is -2.54. The molecule has 0 aliphatic carbocycles. The summed E-state index contributed by atoms with van der Waals surface area (Å²) >= 11 is 0. The third-order valence-electron chi connectivity index (χ3n) is 3.95. The van der Waals surface area contributed by atoms with Gasteiger partial charge in [0.15, 0.2) is 11.7 Å². The first-order valence-electron chi connectivity index (χ1n) is 8.22. The lowest BCUT2D eigenvalue weighted by Gasteiger charge is -2.20. The molecule has 1 fully saturated rings. The van der Waals surface area contributed by atoms with Gasteiger partial charge >= 0.3 is 29.5 Å². The van der Waals surface area contributed by atoms with Gasteiger partial charge < -0.3 is 41.1 Å². The van der Waals surface area contributed by atoms with Crippen LogP contribution in [0, 0.1) is 0 Å². The van der Waals surface area contributed by atoms with E-state index in [4.69, 9.17) is 36.0 Å². The second-order valence-corrected chi connectivity index (χ2v) is 6.35. The molecule has 3 atom stereocenters. The summed E-state index contributed by atoms with van der Waals surface area (Å²) in [6.45, 7) is -0.787. The van der Waals surface area contributed by atoms with Gasteiger partial charge in [0.2, 0.25) is 6.23 Å². The van der Waals surface area contributed by atoms with Crippen molar-refractivity contribution in [3.05, 3.63) is 22.7 Å². The molecular weight excluding hydrogens is 436 g/mol. The third-order valence-corrected chi connectivity index (χ3v) is 3.95. The number of hydrogen-bond donors (Lipinski definition) is 7. The number of nitrogen functional groups attached to an aromatic ring is 1. The second kappa shape index (κ2) is 9.73. The van der Waals surface area contributed by atoms with Crippen molar-refractivity contribution in [3.8, 4) is 0 Å². The minimum Gasteiger partial charge on any atom is -0.481 e. The minimum absolute atomic E-state index is 0.114. The molecule has 1 aromatic heterocycles. The third kappa shape index (κ3) is 6.14. The van der Waals surface area contributed by atoms with Crippen LogP contribution in [0.25, 0.3) is 0 Å². The number of halogens is 2. The highest BCUT2D eigenvalue weighted by molar-refractivity contribution is 5.88. The van der Waals surface area contributed by atoms with Gasteiger partial charge in [-0.1, -0.05) is 0 Å². The topological polar surface area (TPSA) is 243 Å². The number of carboxylic acids is 3. The number of anilines is 1. The fourth-order valence-corrected chi connectivity index (χ4v) is 2.44. The van der Waals surface area contributed by atoms with Crippen LogP contribution in [-0.4, -0.2) is 88.4 Å². The maximum atomic E-state index is 13.7. The van der Waals surface area contributed by atoms with E-state index in [9.17, 15) is 33.1 Å². The van der Waals surface area contributed by atoms with Crippen molar-refractivity contribution in [2.75, 3.05) is 12.3 Å². The van der Waals surface area contributed by atoms with Crippen LogP contribution in [0.4, 0.5) is 14.6 Å². The van der Waals surface area contributed by atoms with Gasteiger partial charge in [0, 0.05) is 6.20 Å². The van der Waals surface area contributed by atoms with E-state index >= 15 is 0 Å². The highest BCUT2D eigenvalue weighted by Crippen LogP contribution is 2.41. The molecule has 14 nitrogen and oxygen atoms in total.